The number of nitrogens with one attached hydrogen (secondary N) is 2. The number of furan rings is 1. The third kappa shape index (κ3) is 5.89. The quantitative estimate of drug-likeness (QED) is 0.499. The molecule has 1 atom stereocenters. The molecule has 7 heteroatoms. The summed E-state index contributed by atoms with van der Waals surface area (Å²) in [4.78, 5) is 0. The molecule has 0 fully saturated rings. The molecule has 6 nitrogen and oxygen atoms in total. The van der Waals surface area contributed by atoms with Crippen LogP contribution >= 0.6 is 0 Å². The van der Waals surface area contributed by atoms with E-state index in [2.05, 4.69) is 16.0 Å². The number of hydrogen-bond donors (Lipinski definition) is 2. The monoisotopic (exact) mass is 314 g/mol. The van der Waals surface area contributed by atoms with Gasteiger partial charge in [0.25, 0.3) is 10.0 Å². The predicted octanol–water partition coefficient (Wildman–Crippen LogP) is 1.10. The van der Waals surface area contributed by atoms with Gasteiger partial charge in [-0.2, -0.15) is 0 Å². The van der Waals surface area contributed by atoms with Gasteiger partial charge in [0.1, 0.15) is 5.76 Å². The topological polar surface area (TPSA) is 80.6 Å². The second-order valence-electron chi connectivity index (χ2n) is 4.53. The largest absolute Gasteiger partial charge is 0.447 e. The zero-order chi connectivity index (χ0) is 15.7. The molecule has 0 amide bonds. The van der Waals surface area contributed by atoms with Gasteiger partial charge in [-0.15, -0.1) is 12.3 Å². The van der Waals surface area contributed by atoms with E-state index in [1.54, 1.807) is 13.2 Å². The second-order valence-corrected chi connectivity index (χ2v) is 6.17. The van der Waals surface area contributed by atoms with Crippen LogP contribution in [0.25, 0.3) is 0 Å². The Morgan fingerprint density at radius 1 is 1.48 bits per heavy atom. The average molecular weight is 314 g/mol. The smallest absolute Gasteiger partial charge is 0.274 e. The van der Waals surface area contributed by atoms with E-state index in [1.165, 1.54) is 6.07 Å². The third-order valence-corrected chi connectivity index (χ3v) is 4.26. The minimum absolute atomic E-state index is 0.0958. The maximum Gasteiger partial charge on any atom is 0.274 e. The molecule has 118 valence electrons. The van der Waals surface area contributed by atoms with Crippen LogP contribution in [0, 0.1) is 12.3 Å². The van der Waals surface area contributed by atoms with Crippen LogP contribution in [0.3, 0.4) is 0 Å². The van der Waals surface area contributed by atoms with E-state index in [0.717, 1.165) is 0 Å². The first-order chi connectivity index (χ1) is 10.0. The molecule has 0 saturated heterocycles. The average Bonchev–Trinajstić information content (AvgIpc) is 2.92. The van der Waals surface area contributed by atoms with E-state index in [-0.39, 0.29) is 11.1 Å². The lowest BCUT2D eigenvalue weighted by Gasteiger charge is -2.12. The Morgan fingerprint density at radius 2 is 2.24 bits per heavy atom. The summed E-state index contributed by atoms with van der Waals surface area (Å²) < 4.78 is 37.1. The molecule has 0 saturated carbocycles. The Balaban J connectivity index is 2.63. The standard InChI is InChI=1S/C14H22N2O4S/c1-4-6-12(5-2)16-21(17,18)14-8-7-13(20-14)11-15-9-10-19-3/h1,7-8,12,15-16H,5-6,9-11H2,2-3H3. The van der Waals surface area contributed by atoms with E-state index < -0.39 is 10.0 Å². The molecule has 0 aliphatic heterocycles. The van der Waals surface area contributed by atoms with Crippen molar-refractivity contribution in [2.45, 2.75) is 37.4 Å². The Kier molecular flexibility index (Phi) is 7.47. The van der Waals surface area contributed by atoms with Crippen molar-refractivity contribution in [3.05, 3.63) is 17.9 Å². The lowest BCUT2D eigenvalue weighted by molar-refractivity contribution is 0.198. The highest BCUT2D eigenvalue weighted by atomic mass is 32.2. The predicted molar refractivity (Wildman–Crippen MR) is 80.1 cm³/mol. The normalized spacial score (nSPS) is 13.0. The first kappa shape index (κ1) is 17.7. The van der Waals surface area contributed by atoms with Gasteiger partial charge in [0.05, 0.1) is 13.2 Å². The molecular formula is C14H22N2O4S. The molecule has 0 aliphatic rings. The van der Waals surface area contributed by atoms with Crippen molar-refractivity contribution in [1.29, 1.82) is 0 Å². The van der Waals surface area contributed by atoms with Crippen molar-refractivity contribution in [2.75, 3.05) is 20.3 Å². The van der Waals surface area contributed by atoms with Crippen LogP contribution in [-0.2, 0) is 21.3 Å². The van der Waals surface area contributed by atoms with Gasteiger partial charge in [-0.05, 0) is 18.6 Å². The Morgan fingerprint density at radius 3 is 2.86 bits per heavy atom. The van der Waals surface area contributed by atoms with Gasteiger partial charge in [-0.25, -0.2) is 13.1 Å². The summed E-state index contributed by atoms with van der Waals surface area (Å²) in [6.45, 7) is 3.56. The van der Waals surface area contributed by atoms with E-state index in [9.17, 15) is 8.42 Å². The molecular weight excluding hydrogens is 292 g/mol. The maximum absolute atomic E-state index is 12.2. The summed E-state index contributed by atoms with van der Waals surface area (Å²) in [6, 6.07) is 2.79. The third-order valence-electron chi connectivity index (χ3n) is 2.86. The Bertz CT molecular complexity index is 560. The van der Waals surface area contributed by atoms with Crippen LogP contribution in [0.15, 0.2) is 21.6 Å². The van der Waals surface area contributed by atoms with Gasteiger partial charge in [-0.3, -0.25) is 0 Å². The number of terminal acetylenes is 1. The van der Waals surface area contributed by atoms with Crippen LogP contribution < -0.4 is 10.0 Å². The summed E-state index contributed by atoms with van der Waals surface area (Å²) in [5.41, 5.74) is 0. The Hall–Kier alpha value is -1.33. The molecule has 1 aromatic heterocycles. The highest BCUT2D eigenvalue weighted by Crippen LogP contribution is 2.15. The zero-order valence-electron chi connectivity index (χ0n) is 12.4. The van der Waals surface area contributed by atoms with Gasteiger partial charge in [0.15, 0.2) is 0 Å². The maximum atomic E-state index is 12.2. The molecule has 1 aromatic rings. The molecule has 1 rings (SSSR count). The lowest BCUT2D eigenvalue weighted by Crippen LogP contribution is -2.33. The van der Waals surface area contributed by atoms with Crippen molar-refractivity contribution < 1.29 is 17.6 Å². The molecule has 0 aromatic carbocycles. The van der Waals surface area contributed by atoms with Crippen molar-refractivity contribution >= 4 is 10.0 Å². The summed E-state index contributed by atoms with van der Waals surface area (Å²) in [6.07, 6.45) is 6.19. The van der Waals surface area contributed by atoms with Crippen LogP contribution in [0.4, 0.5) is 0 Å². The summed E-state index contributed by atoms with van der Waals surface area (Å²) in [5.74, 6) is 3.01. The number of sulfonamides is 1. The number of hydrogen-bond acceptors (Lipinski definition) is 5. The molecule has 0 radical (unpaired) electrons. The van der Waals surface area contributed by atoms with E-state index in [4.69, 9.17) is 15.6 Å². The zero-order valence-corrected chi connectivity index (χ0v) is 13.2. The highest BCUT2D eigenvalue weighted by molar-refractivity contribution is 7.89. The molecule has 0 bridgehead atoms. The van der Waals surface area contributed by atoms with Crippen molar-refractivity contribution in [2.24, 2.45) is 0 Å². The van der Waals surface area contributed by atoms with Crippen molar-refractivity contribution in [3.63, 3.8) is 0 Å². The fraction of sp³-hybridized carbons (Fsp3) is 0.571. The second kappa shape index (κ2) is 8.85. The molecule has 1 heterocycles. The van der Waals surface area contributed by atoms with Crippen molar-refractivity contribution in [3.8, 4) is 12.3 Å². The summed E-state index contributed by atoms with van der Waals surface area (Å²) in [7, 11) is -2.06. The van der Waals surface area contributed by atoms with Crippen LogP contribution in [-0.4, -0.2) is 34.7 Å². The highest BCUT2D eigenvalue weighted by Gasteiger charge is 2.22. The van der Waals surface area contributed by atoms with Gasteiger partial charge in [0, 0.05) is 26.1 Å². The molecule has 21 heavy (non-hydrogen) atoms. The van der Waals surface area contributed by atoms with Gasteiger partial charge >= 0.3 is 0 Å². The Labute approximate surface area is 126 Å². The summed E-state index contributed by atoms with van der Waals surface area (Å²) >= 11 is 0. The lowest BCUT2D eigenvalue weighted by atomic mass is 10.2. The summed E-state index contributed by atoms with van der Waals surface area (Å²) in [5, 5.41) is 2.98. The van der Waals surface area contributed by atoms with Crippen LogP contribution in [0.1, 0.15) is 25.5 Å². The molecule has 1 unspecified atom stereocenters. The fourth-order valence-electron chi connectivity index (χ4n) is 1.67. The minimum atomic E-state index is -3.67. The SMILES string of the molecule is C#CCC(CC)NS(=O)(=O)c1ccc(CNCCOC)o1. The van der Waals surface area contributed by atoms with E-state index in [0.29, 0.717) is 38.3 Å². The van der Waals surface area contributed by atoms with E-state index >= 15 is 0 Å². The van der Waals surface area contributed by atoms with Gasteiger partial charge in [0.2, 0.25) is 5.09 Å². The number of methoxy groups -OCH3 is 1. The van der Waals surface area contributed by atoms with E-state index in [1.807, 2.05) is 6.92 Å². The van der Waals surface area contributed by atoms with Crippen molar-refractivity contribution in [1.82, 2.24) is 10.0 Å². The van der Waals surface area contributed by atoms with Crippen LogP contribution in [0.5, 0.6) is 0 Å². The molecule has 2 N–H and O–H groups in total. The number of ether oxygens (including phenoxy) is 1. The molecule has 0 spiro atoms. The van der Waals surface area contributed by atoms with Crippen LogP contribution in [0.2, 0.25) is 0 Å². The first-order valence-electron chi connectivity index (χ1n) is 6.77. The molecule has 0 aliphatic carbocycles. The van der Waals surface area contributed by atoms with Gasteiger partial charge in [-0.1, -0.05) is 6.92 Å². The fourth-order valence-corrected chi connectivity index (χ4v) is 2.94. The minimum Gasteiger partial charge on any atom is -0.447 e. The first-order valence-corrected chi connectivity index (χ1v) is 8.26. The van der Waals surface area contributed by atoms with Gasteiger partial charge < -0.3 is 14.5 Å². The number of rotatable bonds is 10.